The third kappa shape index (κ3) is 4.91. The van der Waals surface area contributed by atoms with Crippen molar-refractivity contribution in [3.05, 3.63) is 64.1 Å². The molecule has 3 rings (SSSR count). The van der Waals surface area contributed by atoms with Crippen LogP contribution in [0.5, 0.6) is 0 Å². The van der Waals surface area contributed by atoms with Gasteiger partial charge in [-0.3, -0.25) is 14.9 Å². The number of rotatable bonds is 5. The monoisotopic (exact) mass is 417 g/mol. The van der Waals surface area contributed by atoms with Gasteiger partial charge < -0.3 is 5.32 Å². The Labute approximate surface area is 155 Å². The van der Waals surface area contributed by atoms with E-state index in [1.165, 1.54) is 23.7 Å². The predicted octanol–water partition coefficient (Wildman–Crippen LogP) is 3.13. The predicted molar refractivity (Wildman–Crippen MR) is 98.6 cm³/mol. The summed E-state index contributed by atoms with van der Waals surface area (Å²) in [4.78, 5) is 36.0. The number of anilines is 2. The van der Waals surface area contributed by atoms with E-state index in [0.29, 0.717) is 16.5 Å². The maximum Gasteiger partial charge on any atom is 0.295 e. The van der Waals surface area contributed by atoms with Gasteiger partial charge in [-0.25, -0.2) is 15.0 Å². The van der Waals surface area contributed by atoms with Crippen molar-refractivity contribution in [2.24, 2.45) is 0 Å². The smallest absolute Gasteiger partial charge is 0.295 e. The molecule has 2 aromatic heterocycles. The number of amides is 2. The zero-order chi connectivity index (χ0) is 17.6. The fourth-order valence-electron chi connectivity index (χ4n) is 1.95. The van der Waals surface area contributed by atoms with Crippen LogP contribution >= 0.6 is 27.3 Å². The number of thiazole rings is 1. The zero-order valence-corrected chi connectivity index (χ0v) is 15.2. The molecule has 0 spiro atoms. The van der Waals surface area contributed by atoms with Crippen LogP contribution < -0.4 is 10.6 Å². The maximum absolute atomic E-state index is 12.1. The Hall–Kier alpha value is -2.65. The molecule has 0 aliphatic rings. The second-order valence-electron chi connectivity index (χ2n) is 4.91. The molecular formula is C16H12BrN5O2S. The molecule has 2 heterocycles. The van der Waals surface area contributed by atoms with E-state index in [2.05, 4.69) is 41.5 Å². The van der Waals surface area contributed by atoms with Crippen LogP contribution in [0.1, 0.15) is 16.3 Å². The Bertz CT molecular complexity index is 900. The minimum absolute atomic E-state index is 0.0617. The van der Waals surface area contributed by atoms with Crippen molar-refractivity contribution in [2.45, 2.75) is 6.42 Å². The summed E-state index contributed by atoms with van der Waals surface area (Å²) in [5, 5.41) is 7.53. The van der Waals surface area contributed by atoms with Gasteiger partial charge in [-0.1, -0.05) is 22.0 Å². The molecule has 7 nitrogen and oxygen atoms in total. The van der Waals surface area contributed by atoms with Crippen LogP contribution in [-0.2, 0) is 11.2 Å². The van der Waals surface area contributed by atoms with Crippen molar-refractivity contribution in [3.8, 4) is 0 Å². The molecule has 0 aliphatic carbocycles. The standard InChI is InChI=1S/C16H12BrN5O2S/c17-10-3-1-4-11(7-10)20-13(23)8-12-9-25-16(21-12)22-15(24)14-18-5-2-6-19-14/h1-7,9H,8H2,(H,20,23)(H,21,22,24). The Kier molecular flexibility index (Phi) is 5.46. The van der Waals surface area contributed by atoms with Crippen LogP contribution in [-0.4, -0.2) is 26.8 Å². The van der Waals surface area contributed by atoms with Crippen LogP contribution in [0.2, 0.25) is 0 Å². The van der Waals surface area contributed by atoms with Crippen molar-refractivity contribution >= 4 is 49.9 Å². The number of carbonyl (C=O) groups is 2. The van der Waals surface area contributed by atoms with E-state index in [1.54, 1.807) is 17.5 Å². The molecule has 25 heavy (non-hydrogen) atoms. The molecule has 126 valence electrons. The molecule has 9 heteroatoms. The largest absolute Gasteiger partial charge is 0.326 e. The molecule has 0 unspecified atom stereocenters. The van der Waals surface area contributed by atoms with E-state index in [9.17, 15) is 9.59 Å². The number of nitrogens with one attached hydrogen (secondary N) is 2. The summed E-state index contributed by atoms with van der Waals surface area (Å²) < 4.78 is 0.882. The molecule has 1 aromatic carbocycles. The lowest BCUT2D eigenvalue weighted by Crippen LogP contribution is -2.16. The molecule has 3 aromatic rings. The van der Waals surface area contributed by atoms with Crippen LogP contribution in [0.25, 0.3) is 0 Å². The van der Waals surface area contributed by atoms with Crippen molar-refractivity contribution in [3.63, 3.8) is 0 Å². The van der Waals surface area contributed by atoms with Gasteiger partial charge in [-0.15, -0.1) is 11.3 Å². The topological polar surface area (TPSA) is 96.9 Å². The average Bonchev–Trinajstić information content (AvgIpc) is 3.02. The SMILES string of the molecule is O=C(Cc1csc(NC(=O)c2ncccn2)n1)Nc1cccc(Br)c1. The lowest BCUT2D eigenvalue weighted by Gasteiger charge is -2.04. The highest BCUT2D eigenvalue weighted by Crippen LogP contribution is 2.18. The number of hydrogen-bond acceptors (Lipinski definition) is 6. The van der Waals surface area contributed by atoms with Gasteiger partial charge in [-0.2, -0.15) is 0 Å². The molecule has 0 radical (unpaired) electrons. The summed E-state index contributed by atoms with van der Waals surface area (Å²) in [6.07, 6.45) is 3.09. The Morgan fingerprint density at radius 2 is 1.92 bits per heavy atom. The average molecular weight is 418 g/mol. The number of aromatic nitrogens is 3. The second kappa shape index (κ2) is 7.95. The number of carbonyl (C=O) groups excluding carboxylic acids is 2. The van der Waals surface area contributed by atoms with Gasteiger partial charge in [0.1, 0.15) is 0 Å². The zero-order valence-electron chi connectivity index (χ0n) is 12.8. The highest BCUT2D eigenvalue weighted by Gasteiger charge is 2.13. The molecule has 2 N–H and O–H groups in total. The van der Waals surface area contributed by atoms with Gasteiger partial charge in [0, 0.05) is 27.9 Å². The van der Waals surface area contributed by atoms with Crippen molar-refractivity contribution in [1.29, 1.82) is 0 Å². The van der Waals surface area contributed by atoms with Crippen LogP contribution in [0.15, 0.2) is 52.6 Å². The first-order valence-corrected chi connectivity index (χ1v) is 8.85. The Morgan fingerprint density at radius 3 is 2.68 bits per heavy atom. The minimum atomic E-state index is -0.444. The van der Waals surface area contributed by atoms with E-state index in [0.717, 1.165) is 4.47 Å². The molecule has 0 saturated heterocycles. The maximum atomic E-state index is 12.1. The second-order valence-corrected chi connectivity index (χ2v) is 6.68. The van der Waals surface area contributed by atoms with E-state index >= 15 is 0 Å². The fraction of sp³-hybridized carbons (Fsp3) is 0.0625. The minimum Gasteiger partial charge on any atom is -0.326 e. The van der Waals surface area contributed by atoms with Crippen LogP contribution in [0, 0.1) is 0 Å². The molecule has 0 bridgehead atoms. The summed E-state index contributed by atoms with van der Waals surface area (Å²) in [7, 11) is 0. The Morgan fingerprint density at radius 1 is 1.12 bits per heavy atom. The molecular weight excluding hydrogens is 406 g/mol. The highest BCUT2D eigenvalue weighted by molar-refractivity contribution is 9.10. The molecule has 0 aliphatic heterocycles. The summed E-state index contributed by atoms with van der Waals surface area (Å²) in [6, 6.07) is 8.95. The normalized spacial score (nSPS) is 10.3. The first-order valence-electron chi connectivity index (χ1n) is 7.18. The van der Waals surface area contributed by atoms with Crippen molar-refractivity contribution < 1.29 is 9.59 Å². The van der Waals surface area contributed by atoms with Gasteiger partial charge in [-0.05, 0) is 24.3 Å². The molecule has 0 fully saturated rings. The molecule has 0 saturated carbocycles. The first kappa shape index (κ1) is 17.2. The number of halogens is 1. The van der Waals surface area contributed by atoms with Gasteiger partial charge in [0.2, 0.25) is 11.7 Å². The lowest BCUT2D eigenvalue weighted by molar-refractivity contribution is -0.115. The van der Waals surface area contributed by atoms with Crippen LogP contribution in [0.3, 0.4) is 0 Å². The van der Waals surface area contributed by atoms with E-state index in [-0.39, 0.29) is 18.2 Å². The van der Waals surface area contributed by atoms with E-state index in [1.807, 2.05) is 18.2 Å². The number of nitrogens with zero attached hydrogens (tertiary/aromatic N) is 3. The number of hydrogen-bond donors (Lipinski definition) is 2. The summed E-state index contributed by atoms with van der Waals surface area (Å²) in [5.41, 5.74) is 1.27. The highest BCUT2D eigenvalue weighted by atomic mass is 79.9. The van der Waals surface area contributed by atoms with Crippen molar-refractivity contribution in [1.82, 2.24) is 15.0 Å². The summed E-state index contributed by atoms with van der Waals surface area (Å²) in [6.45, 7) is 0. The summed E-state index contributed by atoms with van der Waals surface area (Å²) in [5.74, 6) is -0.570. The van der Waals surface area contributed by atoms with Crippen molar-refractivity contribution in [2.75, 3.05) is 10.6 Å². The Balaban J connectivity index is 1.58. The fourth-order valence-corrected chi connectivity index (χ4v) is 3.06. The quantitative estimate of drug-likeness (QED) is 0.664. The molecule has 0 atom stereocenters. The van der Waals surface area contributed by atoms with E-state index in [4.69, 9.17) is 0 Å². The third-order valence-electron chi connectivity index (χ3n) is 2.99. The number of benzene rings is 1. The van der Waals surface area contributed by atoms with Crippen LogP contribution in [0.4, 0.5) is 10.8 Å². The van der Waals surface area contributed by atoms with Gasteiger partial charge in [0.15, 0.2) is 5.13 Å². The lowest BCUT2D eigenvalue weighted by atomic mass is 10.3. The summed E-state index contributed by atoms with van der Waals surface area (Å²) >= 11 is 4.59. The van der Waals surface area contributed by atoms with Gasteiger partial charge in [0.25, 0.3) is 5.91 Å². The van der Waals surface area contributed by atoms with Gasteiger partial charge >= 0.3 is 0 Å². The van der Waals surface area contributed by atoms with Gasteiger partial charge in [0.05, 0.1) is 12.1 Å². The molecule has 2 amide bonds. The third-order valence-corrected chi connectivity index (χ3v) is 4.29. The van der Waals surface area contributed by atoms with E-state index < -0.39 is 5.91 Å². The first-order chi connectivity index (χ1) is 12.1.